The van der Waals surface area contributed by atoms with Gasteiger partial charge in [0.05, 0.1) is 5.56 Å². The van der Waals surface area contributed by atoms with Crippen LogP contribution in [-0.2, 0) is 16.6 Å². The van der Waals surface area contributed by atoms with Crippen LogP contribution in [0.1, 0.15) is 53.6 Å². The van der Waals surface area contributed by atoms with Crippen LogP contribution < -0.4 is 4.90 Å². The van der Waals surface area contributed by atoms with E-state index in [1.54, 1.807) is 18.2 Å². The Labute approximate surface area is 153 Å². The Morgan fingerprint density at radius 2 is 1.69 bits per heavy atom. The molecule has 0 aromatic heterocycles. The lowest BCUT2D eigenvalue weighted by Crippen LogP contribution is -2.35. The number of nitrogens with zero attached hydrogens (tertiary/aromatic N) is 1. The molecule has 2 aliphatic rings. The highest BCUT2D eigenvalue weighted by molar-refractivity contribution is 5.97. The van der Waals surface area contributed by atoms with E-state index in [4.69, 9.17) is 0 Å². The number of benzene rings is 2. The van der Waals surface area contributed by atoms with Crippen LogP contribution in [0.2, 0.25) is 0 Å². The SMILES string of the molecule is O=C(O)c1ccccc1CCC(=O)N1CC2(CCCC2)c2ccccc21. The highest BCUT2D eigenvalue weighted by Gasteiger charge is 2.45. The third-order valence-electron chi connectivity index (χ3n) is 5.94. The van der Waals surface area contributed by atoms with Crippen molar-refractivity contribution >= 4 is 17.6 Å². The Morgan fingerprint density at radius 1 is 1.00 bits per heavy atom. The van der Waals surface area contributed by atoms with Crippen LogP contribution in [0, 0.1) is 0 Å². The number of carbonyl (C=O) groups is 2. The molecule has 2 aromatic rings. The van der Waals surface area contributed by atoms with Gasteiger partial charge in [0.1, 0.15) is 0 Å². The first-order valence-corrected chi connectivity index (χ1v) is 9.32. The minimum atomic E-state index is -0.940. The van der Waals surface area contributed by atoms with Crippen molar-refractivity contribution in [3.05, 3.63) is 65.2 Å². The summed E-state index contributed by atoms with van der Waals surface area (Å²) in [6.45, 7) is 0.770. The fourth-order valence-electron chi connectivity index (χ4n) is 4.66. The largest absolute Gasteiger partial charge is 0.478 e. The molecule has 26 heavy (non-hydrogen) atoms. The third-order valence-corrected chi connectivity index (χ3v) is 5.94. The average Bonchev–Trinajstić information content (AvgIpc) is 3.26. The van der Waals surface area contributed by atoms with Crippen LogP contribution >= 0.6 is 0 Å². The maximum atomic E-state index is 13.0. The van der Waals surface area contributed by atoms with E-state index < -0.39 is 5.97 Å². The molecule has 1 saturated carbocycles. The second-order valence-electron chi connectivity index (χ2n) is 7.45. The molecular weight excluding hydrogens is 326 g/mol. The van der Waals surface area contributed by atoms with Gasteiger partial charge < -0.3 is 10.0 Å². The van der Waals surface area contributed by atoms with E-state index in [0.29, 0.717) is 12.8 Å². The standard InChI is InChI=1S/C22H23NO3/c24-20(12-11-16-7-1-2-8-17(16)21(25)26)23-15-22(13-5-6-14-22)18-9-3-4-10-19(18)23/h1-4,7-10H,5-6,11-15H2,(H,25,26). The molecule has 2 aromatic carbocycles. The highest BCUT2D eigenvalue weighted by atomic mass is 16.4. The summed E-state index contributed by atoms with van der Waals surface area (Å²) in [6.07, 6.45) is 5.53. The molecule has 0 radical (unpaired) electrons. The minimum Gasteiger partial charge on any atom is -0.478 e. The van der Waals surface area contributed by atoms with Crippen molar-refractivity contribution in [3.63, 3.8) is 0 Å². The first-order valence-electron chi connectivity index (χ1n) is 9.32. The smallest absolute Gasteiger partial charge is 0.335 e. The molecule has 4 heteroatoms. The lowest BCUT2D eigenvalue weighted by Gasteiger charge is -2.24. The molecule has 0 atom stereocenters. The normalized spacial score (nSPS) is 17.5. The fraction of sp³-hybridized carbons (Fsp3) is 0.364. The summed E-state index contributed by atoms with van der Waals surface area (Å²) in [5, 5.41) is 9.32. The lowest BCUT2D eigenvalue weighted by atomic mass is 9.81. The number of aryl methyl sites for hydroxylation is 1. The van der Waals surface area contributed by atoms with Crippen molar-refractivity contribution < 1.29 is 14.7 Å². The van der Waals surface area contributed by atoms with Crippen molar-refractivity contribution in [2.24, 2.45) is 0 Å². The molecule has 1 spiro atoms. The maximum absolute atomic E-state index is 13.0. The van der Waals surface area contributed by atoms with Gasteiger partial charge in [-0.3, -0.25) is 4.79 Å². The molecule has 1 aliphatic heterocycles. The van der Waals surface area contributed by atoms with Crippen molar-refractivity contribution in [2.45, 2.75) is 43.9 Å². The summed E-state index contributed by atoms with van der Waals surface area (Å²) in [7, 11) is 0. The first-order chi connectivity index (χ1) is 12.6. The first kappa shape index (κ1) is 16.8. The van der Waals surface area contributed by atoms with E-state index in [1.165, 1.54) is 18.4 Å². The van der Waals surface area contributed by atoms with E-state index >= 15 is 0 Å². The van der Waals surface area contributed by atoms with E-state index in [-0.39, 0.29) is 16.9 Å². The van der Waals surface area contributed by atoms with Crippen LogP contribution in [0.4, 0.5) is 5.69 Å². The van der Waals surface area contributed by atoms with Gasteiger partial charge in [-0.1, -0.05) is 49.2 Å². The average molecular weight is 349 g/mol. The molecule has 1 N–H and O–H groups in total. The zero-order valence-electron chi connectivity index (χ0n) is 14.8. The second-order valence-corrected chi connectivity index (χ2v) is 7.45. The number of carboxylic acids is 1. The summed E-state index contributed by atoms with van der Waals surface area (Å²) >= 11 is 0. The molecule has 1 fully saturated rings. The summed E-state index contributed by atoms with van der Waals surface area (Å²) in [5.74, 6) is -0.856. The van der Waals surface area contributed by atoms with Gasteiger partial charge >= 0.3 is 5.97 Å². The summed E-state index contributed by atoms with van der Waals surface area (Å²) in [5.41, 5.74) is 3.50. The van der Waals surface area contributed by atoms with Gasteiger partial charge in [0, 0.05) is 24.1 Å². The Kier molecular flexibility index (Phi) is 4.27. The molecule has 1 amide bonds. The van der Waals surface area contributed by atoms with E-state index in [0.717, 1.165) is 30.6 Å². The molecule has 0 bridgehead atoms. The molecule has 0 unspecified atom stereocenters. The van der Waals surface area contributed by atoms with E-state index in [1.807, 2.05) is 23.1 Å². The number of hydrogen-bond acceptors (Lipinski definition) is 2. The van der Waals surface area contributed by atoms with Gasteiger partial charge in [-0.05, 0) is 42.5 Å². The zero-order valence-corrected chi connectivity index (χ0v) is 14.8. The third kappa shape index (κ3) is 2.79. The Morgan fingerprint density at radius 3 is 2.46 bits per heavy atom. The van der Waals surface area contributed by atoms with Crippen molar-refractivity contribution in [1.82, 2.24) is 0 Å². The molecule has 4 rings (SSSR count). The number of aromatic carboxylic acids is 1. The number of anilines is 1. The molecular formula is C22H23NO3. The number of para-hydroxylation sites is 1. The number of fused-ring (bicyclic) bond motifs is 2. The Bertz CT molecular complexity index is 852. The number of carbonyl (C=O) groups excluding carboxylic acids is 1. The minimum absolute atomic E-state index is 0.0846. The van der Waals surface area contributed by atoms with Crippen LogP contribution in [0.5, 0.6) is 0 Å². The lowest BCUT2D eigenvalue weighted by molar-refractivity contribution is -0.118. The zero-order chi connectivity index (χ0) is 18.1. The molecule has 0 saturated heterocycles. The van der Waals surface area contributed by atoms with Gasteiger partial charge in [-0.15, -0.1) is 0 Å². The predicted octanol–water partition coefficient (Wildman–Crippen LogP) is 4.18. The molecule has 1 aliphatic carbocycles. The molecule has 1 heterocycles. The van der Waals surface area contributed by atoms with Gasteiger partial charge in [-0.2, -0.15) is 0 Å². The maximum Gasteiger partial charge on any atom is 0.335 e. The van der Waals surface area contributed by atoms with Gasteiger partial charge in [0.25, 0.3) is 0 Å². The topological polar surface area (TPSA) is 57.6 Å². The second kappa shape index (κ2) is 6.60. The predicted molar refractivity (Wildman–Crippen MR) is 101 cm³/mol. The van der Waals surface area contributed by atoms with Crippen LogP contribution in [0.25, 0.3) is 0 Å². The fourth-order valence-corrected chi connectivity index (χ4v) is 4.66. The summed E-state index contributed by atoms with van der Waals surface area (Å²) < 4.78 is 0. The number of rotatable bonds is 4. The van der Waals surface area contributed by atoms with Gasteiger partial charge in [0.2, 0.25) is 5.91 Å². The quantitative estimate of drug-likeness (QED) is 0.901. The molecule has 4 nitrogen and oxygen atoms in total. The molecule has 134 valence electrons. The van der Waals surface area contributed by atoms with Crippen molar-refractivity contribution in [3.8, 4) is 0 Å². The summed E-state index contributed by atoms with van der Waals surface area (Å²) in [6, 6.07) is 15.2. The van der Waals surface area contributed by atoms with Gasteiger partial charge in [0.15, 0.2) is 0 Å². The van der Waals surface area contributed by atoms with Crippen molar-refractivity contribution in [2.75, 3.05) is 11.4 Å². The van der Waals surface area contributed by atoms with E-state index in [2.05, 4.69) is 12.1 Å². The van der Waals surface area contributed by atoms with E-state index in [9.17, 15) is 14.7 Å². The highest BCUT2D eigenvalue weighted by Crippen LogP contribution is 2.50. The van der Waals surface area contributed by atoms with Gasteiger partial charge in [-0.25, -0.2) is 4.79 Å². The summed E-state index contributed by atoms with van der Waals surface area (Å²) in [4.78, 5) is 26.3. The van der Waals surface area contributed by atoms with Crippen LogP contribution in [0.3, 0.4) is 0 Å². The van der Waals surface area contributed by atoms with Crippen molar-refractivity contribution in [1.29, 1.82) is 0 Å². The van der Waals surface area contributed by atoms with Crippen LogP contribution in [-0.4, -0.2) is 23.5 Å². The number of carboxylic acid groups (broad SMARTS) is 1. The number of amides is 1. The van der Waals surface area contributed by atoms with Crippen LogP contribution in [0.15, 0.2) is 48.5 Å². The Hall–Kier alpha value is -2.62. The Balaban J connectivity index is 1.54. The monoisotopic (exact) mass is 349 g/mol. The number of hydrogen-bond donors (Lipinski definition) is 1.